The van der Waals surface area contributed by atoms with Crippen molar-refractivity contribution < 1.29 is 18.8 Å². The molecule has 0 spiro atoms. The average Bonchev–Trinajstić information content (AvgIpc) is 3.58. The van der Waals surface area contributed by atoms with Gasteiger partial charge < -0.3 is 9.73 Å². The number of anilines is 1. The van der Waals surface area contributed by atoms with Crippen LogP contribution >= 0.6 is 23.1 Å². The Morgan fingerprint density at radius 1 is 1.12 bits per heavy atom. The van der Waals surface area contributed by atoms with Crippen LogP contribution in [0.1, 0.15) is 75.2 Å². The standard InChI is InChI=1S/C29H35N5O4S2/c1-29(2,3)22-14-30-24(38-22)17-39-25-15-31-28(40-25)33-26(36)20-10-12-34(13-11-20)16-18-4-6-19(7-5-18)21-8-9-23(35)32-27(21)37/h4-7,14-15,20-21H,8-13,16-17H2,1-3H3,(H,31,33,36)(H,32,35,37). The van der Waals surface area contributed by atoms with Gasteiger partial charge in [0.05, 0.1) is 28.3 Å². The fourth-order valence-corrected chi connectivity index (χ4v) is 6.66. The van der Waals surface area contributed by atoms with Gasteiger partial charge in [-0.15, -0.1) is 11.8 Å². The number of hydrogen-bond acceptors (Lipinski definition) is 9. The normalized spacial score (nSPS) is 19.0. The summed E-state index contributed by atoms with van der Waals surface area (Å²) in [4.78, 5) is 47.6. The van der Waals surface area contributed by atoms with E-state index in [4.69, 9.17) is 4.42 Å². The molecular weight excluding hydrogens is 546 g/mol. The number of likely N-dealkylation sites (tertiary alicyclic amines) is 1. The fraction of sp³-hybridized carbons (Fsp3) is 0.483. The van der Waals surface area contributed by atoms with Gasteiger partial charge in [-0.2, -0.15) is 0 Å². The third kappa shape index (κ3) is 7.18. The highest BCUT2D eigenvalue weighted by Gasteiger charge is 2.28. The number of hydrogen-bond donors (Lipinski definition) is 2. The van der Waals surface area contributed by atoms with Crippen molar-refractivity contribution in [3.63, 3.8) is 0 Å². The first-order valence-corrected chi connectivity index (χ1v) is 15.4. The molecule has 2 saturated heterocycles. The predicted octanol–water partition coefficient (Wildman–Crippen LogP) is 5.09. The van der Waals surface area contributed by atoms with Crippen LogP contribution in [-0.4, -0.2) is 45.7 Å². The third-order valence-electron chi connectivity index (χ3n) is 7.33. The van der Waals surface area contributed by atoms with Crippen LogP contribution in [0.2, 0.25) is 0 Å². The Labute approximate surface area is 242 Å². The quantitative estimate of drug-likeness (QED) is 0.279. The Morgan fingerprint density at radius 2 is 1.88 bits per heavy atom. The van der Waals surface area contributed by atoms with Crippen LogP contribution in [0.3, 0.4) is 0 Å². The molecule has 9 nitrogen and oxygen atoms in total. The number of thiazole rings is 1. The summed E-state index contributed by atoms with van der Waals surface area (Å²) in [5, 5.41) is 6.05. The van der Waals surface area contributed by atoms with Crippen molar-refractivity contribution in [3.8, 4) is 0 Å². The summed E-state index contributed by atoms with van der Waals surface area (Å²) in [7, 11) is 0. The Bertz CT molecular complexity index is 1350. The van der Waals surface area contributed by atoms with Crippen molar-refractivity contribution in [2.45, 2.75) is 74.3 Å². The minimum Gasteiger partial charge on any atom is -0.444 e. The maximum Gasteiger partial charge on any atom is 0.234 e. The van der Waals surface area contributed by atoms with E-state index >= 15 is 0 Å². The van der Waals surface area contributed by atoms with E-state index < -0.39 is 0 Å². The SMILES string of the molecule is CC(C)(C)c1cnc(CSc2cnc(NC(=O)C3CCN(Cc4ccc(C5CCC(=O)NC5=O)cc4)CC3)s2)o1. The van der Waals surface area contributed by atoms with Crippen LogP contribution in [0.25, 0.3) is 0 Å². The van der Waals surface area contributed by atoms with Crippen molar-refractivity contribution in [3.05, 3.63) is 59.4 Å². The Balaban J connectivity index is 1.05. The summed E-state index contributed by atoms with van der Waals surface area (Å²) in [6.07, 6.45) is 6.11. The molecule has 2 N–H and O–H groups in total. The molecule has 0 aliphatic carbocycles. The second-order valence-electron chi connectivity index (χ2n) is 11.4. The highest BCUT2D eigenvalue weighted by molar-refractivity contribution is 8.00. The van der Waals surface area contributed by atoms with Crippen molar-refractivity contribution >= 4 is 46.0 Å². The lowest BCUT2D eigenvalue weighted by molar-refractivity contribution is -0.134. The van der Waals surface area contributed by atoms with Crippen molar-refractivity contribution in [1.82, 2.24) is 20.2 Å². The maximum atomic E-state index is 12.9. The molecule has 2 aliphatic rings. The van der Waals surface area contributed by atoms with E-state index in [1.54, 1.807) is 24.2 Å². The molecule has 1 unspecified atom stereocenters. The molecule has 0 saturated carbocycles. The van der Waals surface area contributed by atoms with Gasteiger partial charge >= 0.3 is 0 Å². The highest BCUT2D eigenvalue weighted by Crippen LogP contribution is 2.32. The second kappa shape index (κ2) is 12.2. The van der Waals surface area contributed by atoms with E-state index in [-0.39, 0.29) is 35.0 Å². The van der Waals surface area contributed by atoms with Gasteiger partial charge in [0, 0.05) is 24.3 Å². The first kappa shape index (κ1) is 28.5. The van der Waals surface area contributed by atoms with Gasteiger partial charge in [0.15, 0.2) is 5.13 Å². The van der Waals surface area contributed by atoms with Crippen molar-refractivity contribution in [1.29, 1.82) is 0 Å². The van der Waals surface area contributed by atoms with Crippen LogP contribution in [0.5, 0.6) is 0 Å². The van der Waals surface area contributed by atoms with Crippen LogP contribution in [0, 0.1) is 5.92 Å². The molecule has 0 radical (unpaired) electrons. The van der Waals surface area contributed by atoms with Gasteiger partial charge in [-0.25, -0.2) is 9.97 Å². The van der Waals surface area contributed by atoms with Gasteiger partial charge in [0.25, 0.3) is 0 Å². The van der Waals surface area contributed by atoms with E-state index in [0.717, 1.165) is 48.0 Å². The number of benzene rings is 1. The summed E-state index contributed by atoms with van der Waals surface area (Å²) < 4.78 is 6.86. The number of piperidine rings is 2. The molecule has 11 heteroatoms. The zero-order chi connectivity index (χ0) is 28.3. The van der Waals surface area contributed by atoms with Gasteiger partial charge in [0.2, 0.25) is 23.6 Å². The Kier molecular flexibility index (Phi) is 8.72. The number of carbonyl (C=O) groups excluding carboxylic acids is 3. The first-order chi connectivity index (χ1) is 19.1. The Hall–Kier alpha value is -3.02. The minimum absolute atomic E-state index is 0.0293. The molecule has 40 heavy (non-hydrogen) atoms. The second-order valence-corrected chi connectivity index (χ2v) is 13.7. The van der Waals surface area contributed by atoms with Gasteiger partial charge in [-0.1, -0.05) is 56.4 Å². The summed E-state index contributed by atoms with van der Waals surface area (Å²) >= 11 is 3.07. The lowest BCUT2D eigenvalue weighted by atomic mass is 9.90. The number of nitrogens with zero attached hydrogens (tertiary/aromatic N) is 3. The van der Waals surface area contributed by atoms with Crippen LogP contribution in [-0.2, 0) is 32.1 Å². The number of carbonyl (C=O) groups is 3. The highest BCUT2D eigenvalue weighted by atomic mass is 32.2. The maximum absolute atomic E-state index is 12.9. The van der Waals surface area contributed by atoms with Crippen LogP contribution in [0.4, 0.5) is 5.13 Å². The molecule has 212 valence electrons. The number of nitrogens with one attached hydrogen (secondary N) is 2. The van der Waals surface area contributed by atoms with E-state index in [1.807, 2.05) is 12.1 Å². The first-order valence-electron chi connectivity index (χ1n) is 13.6. The lowest BCUT2D eigenvalue weighted by Gasteiger charge is -2.31. The monoisotopic (exact) mass is 581 g/mol. The lowest BCUT2D eigenvalue weighted by Crippen LogP contribution is -2.39. The number of thioether (sulfide) groups is 1. The number of imide groups is 1. The number of rotatable bonds is 8. The molecule has 2 aliphatic heterocycles. The molecule has 1 aromatic carbocycles. The molecule has 3 aromatic rings. The van der Waals surface area contributed by atoms with E-state index in [0.29, 0.717) is 29.6 Å². The largest absolute Gasteiger partial charge is 0.444 e. The zero-order valence-corrected chi connectivity index (χ0v) is 24.7. The topological polar surface area (TPSA) is 117 Å². The summed E-state index contributed by atoms with van der Waals surface area (Å²) in [6, 6.07) is 8.09. The molecule has 2 aromatic heterocycles. The van der Waals surface area contributed by atoms with E-state index in [1.165, 1.54) is 16.9 Å². The van der Waals surface area contributed by atoms with E-state index in [2.05, 4.69) is 58.4 Å². The fourth-order valence-electron chi connectivity index (χ4n) is 4.93. The smallest absolute Gasteiger partial charge is 0.234 e. The summed E-state index contributed by atoms with van der Waals surface area (Å²) in [6.45, 7) is 8.78. The molecule has 2 fully saturated rings. The molecule has 3 amide bonds. The summed E-state index contributed by atoms with van der Waals surface area (Å²) in [5.41, 5.74) is 2.05. The van der Waals surface area contributed by atoms with E-state index in [9.17, 15) is 14.4 Å². The number of amides is 3. The molecular formula is C29H35N5O4S2. The molecule has 5 rings (SSSR count). The van der Waals surface area contributed by atoms with Crippen molar-refractivity contribution in [2.75, 3.05) is 18.4 Å². The third-order valence-corrected chi connectivity index (χ3v) is 9.42. The molecule has 4 heterocycles. The number of oxazole rings is 1. The Morgan fingerprint density at radius 3 is 2.55 bits per heavy atom. The van der Waals surface area contributed by atoms with Crippen molar-refractivity contribution in [2.24, 2.45) is 5.92 Å². The zero-order valence-electron chi connectivity index (χ0n) is 23.1. The van der Waals surface area contributed by atoms with Crippen LogP contribution < -0.4 is 10.6 Å². The minimum atomic E-state index is -0.261. The van der Waals surface area contributed by atoms with Gasteiger partial charge in [-0.05, 0) is 43.5 Å². The van der Waals surface area contributed by atoms with Gasteiger partial charge in [-0.3, -0.25) is 24.6 Å². The van der Waals surface area contributed by atoms with Crippen LogP contribution in [0.15, 0.2) is 45.3 Å². The molecule has 0 bridgehead atoms. The predicted molar refractivity (Wildman–Crippen MR) is 155 cm³/mol. The molecule has 1 atom stereocenters. The summed E-state index contributed by atoms with van der Waals surface area (Å²) in [5.74, 6) is 1.50. The van der Waals surface area contributed by atoms with Gasteiger partial charge in [0.1, 0.15) is 5.76 Å². The average molecular weight is 582 g/mol. The number of aromatic nitrogens is 2.